The summed E-state index contributed by atoms with van der Waals surface area (Å²) < 4.78 is 75.6. The number of carbonyl (C=O) groups excluding carboxylic acids is 2. The first-order valence-electron chi connectivity index (χ1n) is 12.2. The minimum Gasteiger partial charge on any atom is -0.373 e. The first-order valence-corrected chi connectivity index (χ1v) is 12.2. The maximum absolute atomic E-state index is 14.6. The molecule has 0 saturated heterocycles. The van der Waals surface area contributed by atoms with Gasteiger partial charge in [0.05, 0.1) is 34.2 Å². The van der Waals surface area contributed by atoms with E-state index in [0.717, 1.165) is 18.2 Å². The van der Waals surface area contributed by atoms with Gasteiger partial charge in [0.2, 0.25) is 12.2 Å². The van der Waals surface area contributed by atoms with Crippen LogP contribution in [0.2, 0.25) is 0 Å². The third-order valence-corrected chi connectivity index (χ3v) is 7.31. The van der Waals surface area contributed by atoms with E-state index in [1.165, 1.54) is 27.5 Å². The number of nitrogens with zero attached hydrogens (tertiary/aromatic N) is 4. The second-order valence-electron chi connectivity index (χ2n) is 9.62. The number of hydrogen-bond acceptors (Lipinski definition) is 4. The van der Waals surface area contributed by atoms with Crippen LogP contribution < -0.4 is 10.2 Å². The number of likely N-dealkylation sites (N-methyl/N-ethyl adjacent to an activating group) is 1. The van der Waals surface area contributed by atoms with Gasteiger partial charge < -0.3 is 14.6 Å². The summed E-state index contributed by atoms with van der Waals surface area (Å²) in [5.41, 5.74) is 0.0999. The van der Waals surface area contributed by atoms with Gasteiger partial charge in [-0.1, -0.05) is 6.07 Å². The van der Waals surface area contributed by atoms with Gasteiger partial charge in [0.25, 0.3) is 0 Å². The topological polar surface area (TPSA) is 71.6 Å². The molecule has 12 heteroatoms. The largest absolute Gasteiger partial charge is 0.417 e. The summed E-state index contributed by atoms with van der Waals surface area (Å²) >= 11 is 0. The van der Waals surface area contributed by atoms with Gasteiger partial charge in [0.1, 0.15) is 17.3 Å². The highest BCUT2D eigenvalue weighted by atomic mass is 19.4. The summed E-state index contributed by atoms with van der Waals surface area (Å²) in [6, 6.07) is 7.34. The smallest absolute Gasteiger partial charge is 0.373 e. The molecule has 1 N–H and O–H groups in total. The lowest BCUT2D eigenvalue weighted by Gasteiger charge is -2.29. The fourth-order valence-electron chi connectivity index (χ4n) is 5.52. The van der Waals surface area contributed by atoms with E-state index in [0.29, 0.717) is 40.6 Å². The van der Waals surface area contributed by atoms with E-state index in [2.05, 4.69) is 5.10 Å². The number of carbonyl (C=O) groups is 2. The van der Waals surface area contributed by atoms with Crippen LogP contribution in [-0.2, 0) is 24.4 Å². The highest BCUT2D eigenvalue weighted by Crippen LogP contribution is 2.48. The van der Waals surface area contributed by atoms with Crippen molar-refractivity contribution in [3.05, 3.63) is 82.8 Å². The van der Waals surface area contributed by atoms with Crippen molar-refractivity contribution < 1.29 is 31.5 Å². The highest BCUT2D eigenvalue weighted by molar-refractivity contribution is 6.11. The molecule has 5 aromatic rings. The maximum Gasteiger partial charge on any atom is 0.417 e. The summed E-state index contributed by atoms with van der Waals surface area (Å²) in [6.45, 7) is 0.329. The monoisotopic (exact) mass is 553 g/mol. The molecule has 0 radical (unpaired) electrons. The summed E-state index contributed by atoms with van der Waals surface area (Å²) in [7, 11) is 3.29. The molecule has 1 aliphatic rings. The quantitative estimate of drug-likeness (QED) is 0.179. The molecule has 0 bridgehead atoms. The minimum atomic E-state index is -4.70. The van der Waals surface area contributed by atoms with Crippen molar-refractivity contribution in [3.63, 3.8) is 0 Å². The third kappa shape index (κ3) is 3.74. The van der Waals surface area contributed by atoms with Crippen LogP contribution in [0.3, 0.4) is 0 Å². The number of anilines is 2. The number of halogens is 5. The number of fused-ring (bicyclic) bond motifs is 4. The van der Waals surface area contributed by atoms with Gasteiger partial charge in [-0.05, 0) is 42.3 Å². The fraction of sp³-hybridized carbons (Fsp3) is 0.179. The average molecular weight is 553 g/mol. The summed E-state index contributed by atoms with van der Waals surface area (Å²) in [6.07, 6.45) is -1.14. The van der Waals surface area contributed by atoms with E-state index in [9.17, 15) is 31.5 Å². The Morgan fingerprint density at radius 1 is 1.10 bits per heavy atom. The number of aryl methyl sites for hydroxylation is 1. The van der Waals surface area contributed by atoms with Crippen LogP contribution in [0.25, 0.3) is 27.5 Å². The molecule has 2 aromatic carbocycles. The Morgan fingerprint density at radius 2 is 1.82 bits per heavy atom. The van der Waals surface area contributed by atoms with Crippen molar-refractivity contribution in [2.45, 2.75) is 12.6 Å². The zero-order valence-electron chi connectivity index (χ0n) is 21.1. The van der Waals surface area contributed by atoms with Crippen LogP contribution in [0.5, 0.6) is 0 Å². The SMILES string of the molecule is CN1CCc2cc(C(=O)c3cc(F)c(NC=O)c(F)c3)n3cccc(c23)-c2c(C(F)(F)F)cc3c(cnn3C)c21. The fourth-order valence-corrected chi connectivity index (χ4v) is 5.52. The predicted molar refractivity (Wildman–Crippen MR) is 139 cm³/mol. The molecule has 40 heavy (non-hydrogen) atoms. The molecule has 7 nitrogen and oxygen atoms in total. The second-order valence-corrected chi connectivity index (χ2v) is 9.62. The Kier molecular flexibility index (Phi) is 5.68. The normalized spacial score (nSPS) is 13.3. The molecule has 1 aliphatic heterocycles. The van der Waals surface area contributed by atoms with Crippen molar-refractivity contribution in [1.82, 2.24) is 14.2 Å². The predicted octanol–water partition coefficient (Wildman–Crippen LogP) is 5.58. The number of rotatable bonds is 4. The van der Waals surface area contributed by atoms with Crippen molar-refractivity contribution in [3.8, 4) is 11.1 Å². The van der Waals surface area contributed by atoms with Crippen molar-refractivity contribution in [2.24, 2.45) is 7.05 Å². The van der Waals surface area contributed by atoms with Gasteiger partial charge in [0, 0.05) is 48.9 Å². The van der Waals surface area contributed by atoms with E-state index in [4.69, 9.17) is 0 Å². The van der Waals surface area contributed by atoms with Crippen LogP contribution in [0.15, 0.2) is 48.8 Å². The van der Waals surface area contributed by atoms with Crippen LogP contribution in [-0.4, -0.2) is 40.0 Å². The number of alkyl halides is 3. The van der Waals surface area contributed by atoms with E-state index in [1.807, 2.05) is 5.32 Å². The molecular formula is C28H20F5N5O2. The van der Waals surface area contributed by atoms with Crippen molar-refractivity contribution in [1.29, 1.82) is 0 Å². The summed E-state index contributed by atoms with van der Waals surface area (Å²) in [4.78, 5) is 26.0. The Balaban J connectivity index is 1.64. The van der Waals surface area contributed by atoms with Gasteiger partial charge >= 0.3 is 6.18 Å². The number of ketones is 1. The number of benzene rings is 2. The van der Waals surface area contributed by atoms with Gasteiger partial charge in [-0.15, -0.1) is 0 Å². The summed E-state index contributed by atoms with van der Waals surface area (Å²) in [5.74, 6) is -3.01. The molecular weight excluding hydrogens is 533 g/mol. The number of hydrogen-bond donors (Lipinski definition) is 1. The maximum atomic E-state index is 14.6. The highest BCUT2D eigenvalue weighted by Gasteiger charge is 2.38. The Bertz CT molecular complexity index is 1850. The van der Waals surface area contributed by atoms with Crippen molar-refractivity contribution in [2.75, 3.05) is 23.8 Å². The van der Waals surface area contributed by atoms with E-state index in [-0.39, 0.29) is 28.8 Å². The van der Waals surface area contributed by atoms with Crippen LogP contribution in [0, 0.1) is 11.6 Å². The molecule has 0 aliphatic carbocycles. The Labute approximate surface area is 223 Å². The lowest BCUT2D eigenvalue weighted by atomic mass is 9.91. The minimum absolute atomic E-state index is 0.0314. The van der Waals surface area contributed by atoms with Crippen molar-refractivity contribution >= 4 is 40.0 Å². The second kappa shape index (κ2) is 8.90. The molecule has 0 spiro atoms. The van der Waals surface area contributed by atoms with E-state index in [1.54, 1.807) is 31.1 Å². The zero-order chi connectivity index (χ0) is 28.5. The number of amides is 1. The first kappa shape index (κ1) is 25.5. The number of pyridine rings is 1. The van der Waals surface area contributed by atoms with E-state index < -0.39 is 34.8 Å². The number of nitrogens with one attached hydrogen (secondary N) is 1. The van der Waals surface area contributed by atoms with Gasteiger partial charge in [-0.2, -0.15) is 18.3 Å². The average Bonchev–Trinajstić information content (AvgIpc) is 3.46. The molecule has 204 valence electrons. The molecule has 1 amide bonds. The molecule has 4 heterocycles. The lowest BCUT2D eigenvalue weighted by molar-refractivity contribution is -0.137. The van der Waals surface area contributed by atoms with Crippen LogP contribution in [0.4, 0.5) is 33.3 Å². The van der Waals surface area contributed by atoms with Gasteiger partial charge in [-0.3, -0.25) is 14.3 Å². The van der Waals surface area contributed by atoms with E-state index >= 15 is 0 Å². The summed E-state index contributed by atoms with van der Waals surface area (Å²) in [5, 5.41) is 6.66. The molecule has 0 saturated carbocycles. The Morgan fingerprint density at radius 3 is 2.50 bits per heavy atom. The van der Waals surface area contributed by atoms with Crippen LogP contribution in [0.1, 0.15) is 27.2 Å². The Hall–Kier alpha value is -4.74. The molecule has 0 unspecified atom stereocenters. The van der Waals surface area contributed by atoms with Crippen LogP contribution >= 0.6 is 0 Å². The van der Waals surface area contributed by atoms with Gasteiger partial charge in [0.15, 0.2) is 0 Å². The molecule has 3 aromatic heterocycles. The lowest BCUT2D eigenvalue weighted by Crippen LogP contribution is -2.24. The molecule has 0 fully saturated rings. The zero-order valence-corrected chi connectivity index (χ0v) is 21.1. The molecule has 6 rings (SSSR count). The first-order chi connectivity index (χ1) is 19.0. The standard InChI is InChI=1S/C28H20F5N5O2/c1-36-7-5-14-10-22(27(40)15-8-19(29)24(34-13-39)20(30)9-15)38-6-3-4-16(25(14)38)23-18(28(31,32)33)11-21-17(26(23)36)12-35-37(21)2/h3-4,6,8-13H,5,7H2,1-2H3,(H,34,39). The van der Waals surface area contributed by atoms with Gasteiger partial charge in [-0.25, -0.2) is 8.78 Å². The third-order valence-electron chi connectivity index (χ3n) is 7.31. The number of aromatic nitrogens is 3. The molecule has 0 atom stereocenters.